The number of imidazole rings is 1. The van der Waals surface area contributed by atoms with Gasteiger partial charge in [-0.15, -0.1) is 0 Å². The molecule has 2 aromatic rings. The van der Waals surface area contributed by atoms with E-state index in [2.05, 4.69) is 42.5 Å². The number of thiol groups is 1. The Morgan fingerprint density at radius 1 is 1.31 bits per heavy atom. The van der Waals surface area contributed by atoms with Gasteiger partial charge in [-0.3, -0.25) is 34.5 Å². The van der Waals surface area contributed by atoms with Crippen molar-refractivity contribution in [1.29, 1.82) is 5.41 Å². The molecule has 39 heavy (non-hydrogen) atoms. The summed E-state index contributed by atoms with van der Waals surface area (Å²) in [6.45, 7) is -8.00. The molecule has 6 rings (SSSR count). The minimum Gasteiger partial charge on any atom is -0.349 e. The molecular formula is C18H21N9O8P2S2. The van der Waals surface area contributed by atoms with Crippen LogP contribution in [0.2, 0.25) is 0 Å². The van der Waals surface area contributed by atoms with Gasteiger partial charge >= 0.3 is 13.5 Å². The molecule has 2 bridgehead atoms. The third kappa shape index (κ3) is 5.56. The highest BCUT2D eigenvalue weighted by Gasteiger charge is 2.48. The molecule has 1 amide bonds. The predicted molar refractivity (Wildman–Crippen MR) is 141 cm³/mol. The van der Waals surface area contributed by atoms with Gasteiger partial charge in [0.25, 0.3) is 5.91 Å². The number of ether oxygens (including phenoxy) is 1. The summed E-state index contributed by atoms with van der Waals surface area (Å²) in [5, 5.41) is 10.1. The molecule has 3 unspecified atom stereocenters. The highest BCUT2D eigenvalue weighted by atomic mass is 32.7. The Kier molecular flexibility index (Phi) is 7.16. The molecule has 6 heterocycles. The molecule has 17 nitrogen and oxygen atoms in total. The van der Waals surface area contributed by atoms with E-state index < -0.39 is 43.9 Å². The van der Waals surface area contributed by atoms with Crippen LogP contribution in [0, 0.1) is 5.41 Å². The van der Waals surface area contributed by atoms with E-state index in [4.69, 9.17) is 40.0 Å². The summed E-state index contributed by atoms with van der Waals surface area (Å²) in [6.07, 6.45) is 1.67. The Morgan fingerprint density at radius 2 is 2.15 bits per heavy atom. The third-order valence-electron chi connectivity index (χ3n) is 6.09. The van der Waals surface area contributed by atoms with Crippen molar-refractivity contribution in [2.75, 3.05) is 13.2 Å². The number of nitrogens with zero attached hydrogens (tertiary/aromatic N) is 7. The standard InChI is InChI=1S/C18H21N9O8P2S2/c19-18-24-15-13(16(28)25-18)22-8-27(15)17-11-3-9(34-17)5-32-36(29,38)31-2-1-26-12(6-33-37(30,39)35-11)23-10-4-20-7-21-14(10)26/h4,7-9,11,13,17H,1-3,5-6H2,(H,29,38)(H,30,39)(H2,19,25,28)/t9-,11-,13?,17+,36?,37?/m1/s1. The number of aromatic nitrogens is 4. The second-order valence-electron chi connectivity index (χ2n) is 8.66. The number of fused-ring (bicyclic) bond motifs is 6. The highest BCUT2D eigenvalue weighted by molar-refractivity contribution is 8.44. The number of carbonyl (C=O) groups is 1. The van der Waals surface area contributed by atoms with Crippen LogP contribution < -0.4 is 5.32 Å². The number of nitrogens with one attached hydrogen (secondary N) is 2. The summed E-state index contributed by atoms with van der Waals surface area (Å²) in [7, 11) is 0. The second kappa shape index (κ2) is 10.3. The molecule has 0 aromatic carbocycles. The van der Waals surface area contributed by atoms with Gasteiger partial charge in [0.2, 0.25) is 5.96 Å². The van der Waals surface area contributed by atoms with Crippen molar-refractivity contribution < 1.29 is 37.1 Å². The van der Waals surface area contributed by atoms with Crippen LogP contribution in [0.5, 0.6) is 0 Å². The van der Waals surface area contributed by atoms with Gasteiger partial charge in [0, 0.05) is 13.0 Å². The van der Waals surface area contributed by atoms with Crippen molar-refractivity contribution in [3.8, 4) is 0 Å². The minimum atomic E-state index is -4.03. The van der Waals surface area contributed by atoms with Crippen LogP contribution >= 0.6 is 25.8 Å². The van der Waals surface area contributed by atoms with Gasteiger partial charge in [-0.2, -0.15) is 4.99 Å². The van der Waals surface area contributed by atoms with E-state index >= 15 is 0 Å². The van der Waals surface area contributed by atoms with Gasteiger partial charge in [-0.1, -0.05) is 12.2 Å². The fraction of sp³-hybridized carbons (Fsp3) is 0.500. The normalized spacial score (nSPS) is 35.6. The number of amidine groups is 1. The fourth-order valence-corrected chi connectivity index (χ4v) is 7.02. The van der Waals surface area contributed by atoms with E-state index in [9.17, 15) is 14.3 Å². The van der Waals surface area contributed by atoms with Gasteiger partial charge in [-0.05, 0) is 11.8 Å². The van der Waals surface area contributed by atoms with Gasteiger partial charge in [-0.25, -0.2) is 19.5 Å². The number of rotatable bonds is 1. The van der Waals surface area contributed by atoms with E-state index in [0.717, 1.165) is 0 Å². The van der Waals surface area contributed by atoms with E-state index in [-0.39, 0.29) is 44.6 Å². The lowest BCUT2D eigenvalue weighted by molar-refractivity contribution is -0.119. The Hall–Kier alpha value is -2.18. The zero-order chi connectivity index (χ0) is 27.4. The number of amides is 1. The van der Waals surface area contributed by atoms with Gasteiger partial charge in [0.05, 0.1) is 31.9 Å². The summed E-state index contributed by atoms with van der Waals surface area (Å²) in [5.41, 5.74) is 0.932. The van der Waals surface area contributed by atoms with E-state index in [0.29, 0.717) is 17.0 Å². The van der Waals surface area contributed by atoms with Crippen molar-refractivity contribution in [2.45, 2.75) is 44.1 Å². The first-order valence-corrected chi connectivity index (χ1v) is 16.7. The van der Waals surface area contributed by atoms with Crippen LogP contribution in [0.3, 0.4) is 0 Å². The molecule has 208 valence electrons. The summed E-state index contributed by atoms with van der Waals surface area (Å²) < 4.78 is 43.6. The van der Waals surface area contributed by atoms with Gasteiger partial charge < -0.3 is 23.2 Å². The van der Waals surface area contributed by atoms with Crippen molar-refractivity contribution in [3.63, 3.8) is 0 Å². The van der Waals surface area contributed by atoms with E-state index in [1.165, 1.54) is 23.8 Å². The first-order valence-electron chi connectivity index (χ1n) is 11.5. The summed E-state index contributed by atoms with van der Waals surface area (Å²) in [4.78, 5) is 45.2. The Labute approximate surface area is 230 Å². The van der Waals surface area contributed by atoms with Crippen molar-refractivity contribution in [1.82, 2.24) is 29.7 Å². The van der Waals surface area contributed by atoms with Crippen LogP contribution in [0.1, 0.15) is 12.2 Å². The predicted octanol–water partition coefficient (Wildman–Crippen LogP) is 0.320. The Balaban J connectivity index is 1.30. The fourth-order valence-electron chi connectivity index (χ4n) is 4.47. The molecule has 0 spiro atoms. The smallest absolute Gasteiger partial charge is 0.349 e. The number of carbonyl (C=O) groups excluding carboxylic acids is 1. The van der Waals surface area contributed by atoms with Crippen LogP contribution in [0.25, 0.3) is 11.2 Å². The lowest BCUT2D eigenvalue weighted by atomic mass is 10.1. The number of hydrogen-bond acceptors (Lipinski definition) is 14. The second-order valence-corrected chi connectivity index (χ2v) is 14.4. The molecule has 2 aromatic heterocycles. The van der Waals surface area contributed by atoms with Crippen molar-refractivity contribution in [2.24, 2.45) is 9.98 Å². The monoisotopic (exact) mass is 617 g/mol. The molecule has 6 atom stereocenters. The zero-order valence-electron chi connectivity index (χ0n) is 19.8. The van der Waals surface area contributed by atoms with Crippen molar-refractivity contribution in [3.05, 3.63) is 18.3 Å². The van der Waals surface area contributed by atoms with Crippen LogP contribution in [0.15, 0.2) is 22.5 Å². The largest absolute Gasteiger partial charge is 0.386 e. The first-order chi connectivity index (χ1) is 18.6. The molecule has 0 radical (unpaired) electrons. The Bertz CT molecular complexity index is 1500. The van der Waals surface area contributed by atoms with Gasteiger partial charge in [0.1, 0.15) is 30.4 Å². The maximum absolute atomic E-state index is 13.4. The SMILES string of the molecule is N=C1N=C2C(N=CN2[C@H]2O[C@H]3COP(O)(=S)OCCn4c(nc5cncnc54)COP(=O)(S)O[C@@H]2C3)C(=O)N1. The van der Waals surface area contributed by atoms with E-state index in [1.54, 1.807) is 4.57 Å². The average molecular weight is 618 g/mol. The molecule has 3 N–H and O–H groups in total. The third-order valence-corrected chi connectivity index (χ3v) is 9.33. The molecule has 0 saturated carbocycles. The van der Waals surface area contributed by atoms with E-state index in [1.807, 2.05) is 0 Å². The quantitative estimate of drug-likeness (QED) is 0.251. The molecule has 0 aliphatic carbocycles. The maximum Gasteiger partial charge on any atom is 0.386 e. The minimum absolute atomic E-state index is 0.0402. The average Bonchev–Trinajstić information content (AvgIpc) is 3.56. The summed E-state index contributed by atoms with van der Waals surface area (Å²) in [5.74, 6) is -0.414. The molecule has 4 aliphatic rings. The molecule has 21 heteroatoms. The van der Waals surface area contributed by atoms with Crippen LogP contribution in [-0.4, -0.2) is 91.0 Å². The zero-order valence-corrected chi connectivity index (χ0v) is 23.3. The van der Waals surface area contributed by atoms with Crippen LogP contribution in [-0.2, 0) is 57.1 Å². The summed E-state index contributed by atoms with van der Waals surface area (Å²) >= 11 is 9.33. The number of aliphatic imine (C=N–C) groups is 2. The Morgan fingerprint density at radius 3 is 3.00 bits per heavy atom. The highest BCUT2D eigenvalue weighted by Crippen LogP contribution is 2.56. The van der Waals surface area contributed by atoms with Gasteiger partial charge in [0.15, 0.2) is 23.8 Å². The van der Waals surface area contributed by atoms with Crippen LogP contribution in [0.4, 0.5) is 0 Å². The topological polar surface area (TPSA) is 208 Å². The number of guanidine groups is 1. The maximum atomic E-state index is 13.4. The first kappa shape index (κ1) is 27.0. The van der Waals surface area contributed by atoms with Crippen molar-refractivity contribution >= 4 is 72.8 Å². The number of hydrogen-bond donors (Lipinski definition) is 4. The molecule has 4 aliphatic heterocycles. The lowest BCUT2D eigenvalue weighted by Crippen LogP contribution is -2.52. The molecular weight excluding hydrogens is 596 g/mol. The summed E-state index contributed by atoms with van der Waals surface area (Å²) in [6, 6.07) is -0.983. The molecule has 1 saturated heterocycles. The molecule has 1 fully saturated rings. The lowest BCUT2D eigenvalue weighted by Gasteiger charge is -2.30.